The Morgan fingerprint density at radius 3 is 1.89 bits per heavy atom. The summed E-state index contributed by atoms with van der Waals surface area (Å²) in [5.41, 5.74) is 0.873. The van der Waals surface area contributed by atoms with E-state index in [4.69, 9.17) is 0 Å². The highest BCUT2D eigenvalue weighted by molar-refractivity contribution is 7.92. The van der Waals surface area contributed by atoms with E-state index in [1.807, 2.05) is 42.5 Å². The lowest BCUT2D eigenvalue weighted by molar-refractivity contribution is 0.388. The summed E-state index contributed by atoms with van der Waals surface area (Å²) in [4.78, 5) is 4.34. The predicted octanol–water partition coefficient (Wildman–Crippen LogP) is 2.20. The van der Waals surface area contributed by atoms with Crippen LogP contribution in [0.25, 0.3) is 6.08 Å². The molecule has 2 saturated heterocycles. The van der Waals surface area contributed by atoms with Crippen molar-refractivity contribution >= 4 is 27.7 Å². The van der Waals surface area contributed by atoms with Crippen molar-refractivity contribution in [2.45, 2.75) is 12.8 Å². The summed E-state index contributed by atoms with van der Waals surface area (Å²) in [6.45, 7) is 4.18. The molecule has 2 aromatic rings. The normalized spacial score (nSPS) is 18.9. The molecule has 2 fully saturated rings. The molecular weight excluding hydrogens is 374 g/mol. The van der Waals surface area contributed by atoms with Crippen molar-refractivity contribution in [2.24, 2.45) is 0 Å². The minimum atomic E-state index is -3.42. The van der Waals surface area contributed by atoms with Gasteiger partial charge in [-0.05, 0) is 36.6 Å². The van der Waals surface area contributed by atoms with Crippen molar-refractivity contribution in [3.8, 4) is 0 Å². The first-order chi connectivity index (χ1) is 13.6. The quantitative estimate of drug-likeness (QED) is 0.768. The van der Waals surface area contributed by atoms with Crippen LogP contribution in [0.15, 0.2) is 47.9 Å². The van der Waals surface area contributed by atoms with E-state index >= 15 is 0 Å². The maximum Gasteiger partial charge on any atom is 0.236 e. The monoisotopic (exact) mass is 399 g/mol. The van der Waals surface area contributed by atoms with Crippen molar-refractivity contribution in [3.05, 3.63) is 53.4 Å². The summed E-state index contributed by atoms with van der Waals surface area (Å²) in [7, 11) is -3.42. The molecule has 148 valence electrons. The number of sulfonamides is 1. The third-order valence-electron chi connectivity index (χ3n) is 5.22. The molecule has 0 amide bonds. The minimum Gasteiger partial charge on any atom is -0.355 e. The second-order valence-corrected chi connectivity index (χ2v) is 8.91. The van der Waals surface area contributed by atoms with Crippen LogP contribution in [-0.4, -0.2) is 62.2 Å². The van der Waals surface area contributed by atoms with E-state index in [9.17, 15) is 8.42 Å². The van der Waals surface area contributed by atoms with E-state index in [-0.39, 0.29) is 0 Å². The molecular formula is C20H25N5O2S. The van der Waals surface area contributed by atoms with E-state index in [0.29, 0.717) is 26.2 Å². The molecule has 3 heterocycles. The fraction of sp³-hybridized carbons (Fsp3) is 0.400. The summed E-state index contributed by atoms with van der Waals surface area (Å²) in [6, 6.07) is 13.5. The molecule has 0 saturated carbocycles. The minimum absolute atomic E-state index is 0.441. The fourth-order valence-electron chi connectivity index (χ4n) is 3.59. The molecule has 2 aliphatic rings. The fourth-order valence-corrected chi connectivity index (χ4v) is 4.76. The molecule has 0 N–H and O–H groups in total. The van der Waals surface area contributed by atoms with Gasteiger partial charge in [-0.2, -0.15) is 4.31 Å². The van der Waals surface area contributed by atoms with Crippen LogP contribution in [0.5, 0.6) is 0 Å². The van der Waals surface area contributed by atoms with Gasteiger partial charge in [-0.25, -0.2) is 8.42 Å². The van der Waals surface area contributed by atoms with Crippen LogP contribution >= 0.6 is 0 Å². The van der Waals surface area contributed by atoms with Crippen LogP contribution in [0, 0.1) is 0 Å². The van der Waals surface area contributed by atoms with Crippen LogP contribution in [0.2, 0.25) is 0 Å². The molecule has 28 heavy (non-hydrogen) atoms. The third kappa shape index (κ3) is 4.34. The lowest BCUT2D eigenvalue weighted by Gasteiger charge is -2.33. The van der Waals surface area contributed by atoms with E-state index in [1.165, 1.54) is 22.6 Å². The Hall–Kier alpha value is -2.45. The first-order valence-electron chi connectivity index (χ1n) is 9.69. The summed E-state index contributed by atoms with van der Waals surface area (Å²) < 4.78 is 26.7. The molecule has 0 aliphatic carbocycles. The molecule has 4 rings (SSSR count). The maximum atomic E-state index is 12.6. The highest BCUT2D eigenvalue weighted by atomic mass is 32.2. The van der Waals surface area contributed by atoms with E-state index < -0.39 is 10.0 Å². The molecule has 0 unspecified atom stereocenters. The Kier molecular flexibility index (Phi) is 5.59. The number of rotatable bonds is 5. The molecule has 0 bridgehead atoms. The van der Waals surface area contributed by atoms with Crippen LogP contribution in [0.3, 0.4) is 0 Å². The lowest BCUT2D eigenvalue weighted by Crippen LogP contribution is -2.48. The largest absolute Gasteiger partial charge is 0.355 e. The number of aromatic nitrogens is 2. The van der Waals surface area contributed by atoms with E-state index in [2.05, 4.69) is 20.0 Å². The van der Waals surface area contributed by atoms with Gasteiger partial charge in [0.2, 0.25) is 10.0 Å². The lowest BCUT2D eigenvalue weighted by atomic mass is 10.2. The zero-order chi connectivity index (χ0) is 19.4. The van der Waals surface area contributed by atoms with Crippen LogP contribution in [-0.2, 0) is 10.0 Å². The van der Waals surface area contributed by atoms with Gasteiger partial charge >= 0.3 is 0 Å². The number of nitrogens with zero attached hydrogens (tertiary/aromatic N) is 5. The van der Waals surface area contributed by atoms with Gasteiger partial charge in [0.05, 0.1) is 0 Å². The summed E-state index contributed by atoms with van der Waals surface area (Å²) in [5, 5.41) is 10.0. The van der Waals surface area contributed by atoms with Gasteiger partial charge in [-0.3, -0.25) is 0 Å². The smallest absolute Gasteiger partial charge is 0.236 e. The Balaban J connectivity index is 1.35. The zero-order valence-electron chi connectivity index (χ0n) is 15.8. The second kappa shape index (κ2) is 8.28. The molecule has 7 nitrogen and oxygen atoms in total. The van der Waals surface area contributed by atoms with Crippen molar-refractivity contribution in [1.82, 2.24) is 14.5 Å². The molecule has 1 aromatic carbocycles. The van der Waals surface area contributed by atoms with Crippen LogP contribution < -0.4 is 9.80 Å². The van der Waals surface area contributed by atoms with Gasteiger partial charge in [0, 0.05) is 44.7 Å². The Bertz CT molecular complexity index is 901. The highest BCUT2D eigenvalue weighted by Gasteiger charge is 2.26. The summed E-state index contributed by atoms with van der Waals surface area (Å²) >= 11 is 0. The van der Waals surface area contributed by atoms with Crippen LogP contribution in [0.4, 0.5) is 11.6 Å². The van der Waals surface area contributed by atoms with Gasteiger partial charge in [-0.15, -0.1) is 10.2 Å². The zero-order valence-corrected chi connectivity index (χ0v) is 16.6. The predicted molar refractivity (Wildman–Crippen MR) is 112 cm³/mol. The van der Waals surface area contributed by atoms with Crippen molar-refractivity contribution in [1.29, 1.82) is 0 Å². The maximum absolute atomic E-state index is 12.6. The Labute approximate surface area is 166 Å². The molecule has 8 heteroatoms. The Morgan fingerprint density at radius 2 is 1.32 bits per heavy atom. The number of hydrogen-bond acceptors (Lipinski definition) is 6. The Morgan fingerprint density at radius 1 is 0.750 bits per heavy atom. The van der Waals surface area contributed by atoms with Crippen molar-refractivity contribution in [2.75, 3.05) is 49.1 Å². The van der Waals surface area contributed by atoms with Gasteiger partial charge in [0.1, 0.15) is 0 Å². The summed E-state index contributed by atoms with van der Waals surface area (Å²) in [5.74, 6) is 1.73. The number of piperazine rings is 1. The number of anilines is 2. The molecule has 1 aromatic heterocycles. The first kappa shape index (κ1) is 18.9. The van der Waals surface area contributed by atoms with E-state index in [1.54, 1.807) is 6.08 Å². The number of hydrogen-bond donors (Lipinski definition) is 0. The third-order valence-corrected chi connectivity index (χ3v) is 6.79. The average Bonchev–Trinajstić information content (AvgIpc) is 3.28. The second-order valence-electron chi connectivity index (χ2n) is 7.09. The average molecular weight is 400 g/mol. The molecule has 0 spiro atoms. The van der Waals surface area contributed by atoms with Gasteiger partial charge < -0.3 is 9.80 Å². The van der Waals surface area contributed by atoms with Gasteiger partial charge in [-0.1, -0.05) is 30.3 Å². The van der Waals surface area contributed by atoms with Gasteiger partial charge in [0.15, 0.2) is 11.6 Å². The number of benzene rings is 1. The topological polar surface area (TPSA) is 69.6 Å². The summed E-state index contributed by atoms with van der Waals surface area (Å²) in [6.07, 6.45) is 4.06. The van der Waals surface area contributed by atoms with Gasteiger partial charge in [0.25, 0.3) is 0 Å². The molecule has 0 radical (unpaired) electrons. The molecule has 0 atom stereocenters. The van der Waals surface area contributed by atoms with Crippen LogP contribution in [0.1, 0.15) is 18.4 Å². The standard InChI is InChI=1S/C20H25N5O2S/c26-28(27,17-10-18-6-2-1-3-7-18)25-15-13-24(14-16-25)20-9-8-19(21-22-20)23-11-4-5-12-23/h1-3,6-10,17H,4-5,11-16H2/b17-10+. The first-order valence-corrected chi connectivity index (χ1v) is 11.2. The highest BCUT2D eigenvalue weighted by Crippen LogP contribution is 2.20. The van der Waals surface area contributed by atoms with E-state index in [0.717, 1.165) is 30.3 Å². The SMILES string of the molecule is O=S(=O)(/C=C/c1ccccc1)N1CCN(c2ccc(N3CCCC3)nn2)CC1. The molecule has 2 aliphatic heterocycles. The van der Waals surface area contributed by atoms with Crippen molar-refractivity contribution in [3.63, 3.8) is 0 Å². The van der Waals surface area contributed by atoms with Crippen molar-refractivity contribution < 1.29 is 8.42 Å².